The fourth-order valence-corrected chi connectivity index (χ4v) is 7.97. The van der Waals surface area contributed by atoms with E-state index in [4.69, 9.17) is 0 Å². The number of fused-ring (bicyclic) bond motifs is 8. The summed E-state index contributed by atoms with van der Waals surface area (Å²) in [6.45, 7) is 0. The highest BCUT2D eigenvalue weighted by Gasteiger charge is 2.17. The van der Waals surface area contributed by atoms with Gasteiger partial charge >= 0.3 is 0 Å². The van der Waals surface area contributed by atoms with Gasteiger partial charge < -0.3 is 0 Å². The van der Waals surface area contributed by atoms with Gasteiger partial charge in [0.05, 0.1) is 0 Å². The van der Waals surface area contributed by atoms with E-state index in [0.717, 1.165) is 0 Å². The van der Waals surface area contributed by atoms with Gasteiger partial charge in [0, 0.05) is 0 Å². The van der Waals surface area contributed by atoms with Crippen molar-refractivity contribution in [1.82, 2.24) is 0 Å². The largest absolute Gasteiger partial charge is 0.0616 e. The van der Waals surface area contributed by atoms with Gasteiger partial charge in [-0.3, -0.25) is 0 Å². The van der Waals surface area contributed by atoms with E-state index in [0.29, 0.717) is 0 Å². The molecule has 48 heavy (non-hydrogen) atoms. The van der Waals surface area contributed by atoms with Crippen molar-refractivity contribution in [2.45, 2.75) is 0 Å². The molecule has 0 radical (unpaired) electrons. The highest BCUT2D eigenvalue weighted by atomic mass is 14.2. The molecular weight excluding hydrogens is 577 g/mol. The molecular formula is C48H30. The summed E-state index contributed by atoms with van der Waals surface area (Å²) >= 11 is 0. The molecule has 0 N–H and O–H groups in total. The second-order valence-corrected chi connectivity index (χ2v) is 12.9. The monoisotopic (exact) mass is 606 g/mol. The van der Waals surface area contributed by atoms with E-state index < -0.39 is 0 Å². The predicted octanol–water partition coefficient (Wildman–Crippen LogP) is 13.6. The summed E-state index contributed by atoms with van der Waals surface area (Å²) in [5.74, 6) is 0. The van der Waals surface area contributed by atoms with Gasteiger partial charge in [-0.25, -0.2) is 0 Å². The highest BCUT2D eigenvalue weighted by Crippen LogP contribution is 2.45. The highest BCUT2D eigenvalue weighted by molar-refractivity contribution is 6.22. The molecule has 0 heterocycles. The lowest BCUT2D eigenvalue weighted by molar-refractivity contribution is 1.63. The molecule has 0 aliphatic heterocycles. The SMILES string of the molecule is c1cc(-c2ccc3c(ccc4ccccc43)c2)cc(-c2c3ccccc3c(-c3ccc4c(ccc5ccccc54)c3)c3ccccc23)c1. The van der Waals surface area contributed by atoms with Crippen LogP contribution in [0.1, 0.15) is 0 Å². The topological polar surface area (TPSA) is 0 Å². The minimum absolute atomic E-state index is 1.22. The van der Waals surface area contributed by atoms with E-state index in [2.05, 4.69) is 182 Å². The summed E-state index contributed by atoms with van der Waals surface area (Å²) in [6.07, 6.45) is 0. The first kappa shape index (κ1) is 26.9. The van der Waals surface area contributed by atoms with Crippen molar-refractivity contribution in [3.63, 3.8) is 0 Å². The van der Waals surface area contributed by atoms with Crippen molar-refractivity contribution < 1.29 is 0 Å². The van der Waals surface area contributed by atoms with Gasteiger partial charge in [-0.1, -0.05) is 164 Å². The van der Waals surface area contributed by atoms with Gasteiger partial charge in [0.2, 0.25) is 0 Å². The Bertz CT molecular complexity index is 2830. The van der Waals surface area contributed by atoms with Crippen molar-refractivity contribution in [3.05, 3.63) is 182 Å². The average molecular weight is 607 g/mol. The van der Waals surface area contributed by atoms with Gasteiger partial charge in [0.1, 0.15) is 0 Å². The van der Waals surface area contributed by atoms with Crippen LogP contribution in [0.15, 0.2) is 182 Å². The third-order valence-electron chi connectivity index (χ3n) is 10.2. The fourth-order valence-electron chi connectivity index (χ4n) is 7.97. The second-order valence-electron chi connectivity index (χ2n) is 12.9. The van der Waals surface area contributed by atoms with E-state index in [1.54, 1.807) is 0 Å². The summed E-state index contributed by atoms with van der Waals surface area (Å²) in [6, 6.07) is 67.1. The predicted molar refractivity (Wildman–Crippen MR) is 208 cm³/mol. The Balaban J connectivity index is 1.17. The third kappa shape index (κ3) is 4.16. The summed E-state index contributed by atoms with van der Waals surface area (Å²) in [7, 11) is 0. The van der Waals surface area contributed by atoms with Crippen LogP contribution in [0.5, 0.6) is 0 Å². The quantitative estimate of drug-likeness (QED) is 0.139. The molecule has 0 amide bonds. The van der Waals surface area contributed by atoms with Gasteiger partial charge in [-0.15, -0.1) is 0 Å². The zero-order valence-corrected chi connectivity index (χ0v) is 26.3. The Labute approximate surface area is 279 Å². The minimum Gasteiger partial charge on any atom is -0.0616 e. The smallest absolute Gasteiger partial charge is 0.00262 e. The lowest BCUT2D eigenvalue weighted by atomic mass is 9.85. The molecule has 0 saturated heterocycles. The first-order valence-corrected chi connectivity index (χ1v) is 16.7. The van der Waals surface area contributed by atoms with Crippen molar-refractivity contribution in [1.29, 1.82) is 0 Å². The van der Waals surface area contributed by atoms with Gasteiger partial charge in [-0.2, -0.15) is 0 Å². The molecule has 0 bridgehead atoms. The van der Waals surface area contributed by atoms with Crippen LogP contribution < -0.4 is 0 Å². The van der Waals surface area contributed by atoms with Crippen LogP contribution in [0.25, 0.3) is 98.0 Å². The van der Waals surface area contributed by atoms with Crippen LogP contribution >= 0.6 is 0 Å². The maximum absolute atomic E-state index is 2.37. The Kier molecular flexibility index (Phi) is 5.98. The molecule has 0 aliphatic rings. The standard InChI is InChI=1S/C48H30/c1-3-14-39-31(10-1)20-22-35-28-34(24-26-41(35)39)33-12-9-13-37(29-33)47-43-16-5-7-18-45(43)48(46-19-8-6-17-44(46)47)38-25-27-42-36(30-38)23-21-32-11-2-4-15-40(32)42/h1-30H. The van der Waals surface area contributed by atoms with E-state index >= 15 is 0 Å². The molecule has 0 saturated carbocycles. The number of rotatable bonds is 3. The zero-order chi connectivity index (χ0) is 31.6. The van der Waals surface area contributed by atoms with Crippen LogP contribution in [0.3, 0.4) is 0 Å². The Hall–Kier alpha value is -6.24. The molecule has 10 aromatic rings. The molecule has 10 rings (SSSR count). The van der Waals surface area contributed by atoms with E-state index in [1.165, 1.54) is 98.0 Å². The number of hydrogen-bond acceptors (Lipinski definition) is 0. The van der Waals surface area contributed by atoms with Crippen molar-refractivity contribution >= 4 is 64.6 Å². The van der Waals surface area contributed by atoms with E-state index in [-0.39, 0.29) is 0 Å². The first-order valence-electron chi connectivity index (χ1n) is 16.7. The summed E-state index contributed by atoms with van der Waals surface area (Å²) < 4.78 is 0. The number of hydrogen-bond donors (Lipinski definition) is 0. The second kappa shape index (κ2) is 10.7. The van der Waals surface area contributed by atoms with Gasteiger partial charge in [0.15, 0.2) is 0 Å². The van der Waals surface area contributed by atoms with E-state index in [1.807, 2.05) is 0 Å². The lowest BCUT2D eigenvalue weighted by Crippen LogP contribution is -1.91. The van der Waals surface area contributed by atoms with Crippen LogP contribution in [-0.2, 0) is 0 Å². The minimum atomic E-state index is 1.22. The van der Waals surface area contributed by atoms with Gasteiger partial charge in [0.25, 0.3) is 0 Å². The summed E-state index contributed by atoms with van der Waals surface area (Å²) in [5.41, 5.74) is 7.50. The van der Waals surface area contributed by atoms with E-state index in [9.17, 15) is 0 Å². The molecule has 0 fully saturated rings. The van der Waals surface area contributed by atoms with Crippen LogP contribution in [-0.4, -0.2) is 0 Å². The fraction of sp³-hybridized carbons (Fsp3) is 0. The molecule has 0 aromatic heterocycles. The molecule has 222 valence electrons. The summed E-state index contributed by atoms with van der Waals surface area (Å²) in [5, 5.41) is 15.3. The third-order valence-corrected chi connectivity index (χ3v) is 10.2. The van der Waals surface area contributed by atoms with Crippen molar-refractivity contribution in [3.8, 4) is 33.4 Å². The van der Waals surface area contributed by atoms with Crippen LogP contribution in [0, 0.1) is 0 Å². The van der Waals surface area contributed by atoms with Gasteiger partial charge in [-0.05, 0) is 116 Å². The number of benzene rings is 10. The lowest BCUT2D eigenvalue weighted by Gasteiger charge is -2.18. The normalized spacial score (nSPS) is 11.8. The molecule has 0 heteroatoms. The van der Waals surface area contributed by atoms with Crippen LogP contribution in [0.2, 0.25) is 0 Å². The average Bonchev–Trinajstić information content (AvgIpc) is 3.16. The Morgan fingerprint density at radius 2 is 0.542 bits per heavy atom. The maximum atomic E-state index is 2.37. The van der Waals surface area contributed by atoms with Crippen molar-refractivity contribution in [2.75, 3.05) is 0 Å². The van der Waals surface area contributed by atoms with Crippen molar-refractivity contribution in [2.24, 2.45) is 0 Å². The first-order chi connectivity index (χ1) is 23.8. The molecule has 0 atom stereocenters. The molecule has 0 nitrogen and oxygen atoms in total. The molecule has 0 spiro atoms. The molecule has 0 unspecified atom stereocenters. The van der Waals surface area contributed by atoms with Crippen LogP contribution in [0.4, 0.5) is 0 Å². The maximum Gasteiger partial charge on any atom is -0.00262 e. The summed E-state index contributed by atoms with van der Waals surface area (Å²) in [4.78, 5) is 0. The molecule has 10 aromatic carbocycles. The zero-order valence-electron chi connectivity index (χ0n) is 26.3. The Morgan fingerprint density at radius 3 is 1.08 bits per heavy atom. The Morgan fingerprint density at radius 1 is 0.188 bits per heavy atom. The molecule has 0 aliphatic carbocycles.